The zero-order valence-corrected chi connectivity index (χ0v) is 5.37. The second-order valence-corrected chi connectivity index (χ2v) is 1.74. The van der Waals surface area contributed by atoms with Crippen LogP contribution in [0.2, 0.25) is 0 Å². The van der Waals surface area contributed by atoms with Gasteiger partial charge in [-0.25, -0.2) is 4.39 Å². The van der Waals surface area contributed by atoms with Gasteiger partial charge in [0.1, 0.15) is 6.67 Å². The summed E-state index contributed by atoms with van der Waals surface area (Å²) in [7, 11) is 1.84. The van der Waals surface area contributed by atoms with Gasteiger partial charge in [0.2, 0.25) is 0 Å². The van der Waals surface area contributed by atoms with Gasteiger partial charge < -0.3 is 5.32 Å². The van der Waals surface area contributed by atoms with Gasteiger partial charge in [0.25, 0.3) is 0 Å². The molecule has 2 heteroatoms. The molecule has 0 aromatic carbocycles. The van der Waals surface area contributed by atoms with Gasteiger partial charge >= 0.3 is 0 Å². The summed E-state index contributed by atoms with van der Waals surface area (Å²) in [4.78, 5) is 0. The first kappa shape index (κ1) is 7.63. The van der Waals surface area contributed by atoms with Gasteiger partial charge in [-0.05, 0) is 19.5 Å². The first-order valence-electron chi connectivity index (χ1n) is 2.67. The van der Waals surface area contributed by atoms with Crippen molar-refractivity contribution >= 4 is 0 Å². The van der Waals surface area contributed by atoms with Crippen molar-refractivity contribution < 1.29 is 4.39 Å². The van der Waals surface area contributed by atoms with Gasteiger partial charge in [-0.3, -0.25) is 0 Å². The highest BCUT2D eigenvalue weighted by Gasteiger charge is 1.81. The molecule has 0 aliphatic heterocycles. The van der Waals surface area contributed by atoms with Gasteiger partial charge in [0, 0.05) is 6.54 Å². The van der Waals surface area contributed by atoms with Crippen LogP contribution >= 0.6 is 0 Å². The topological polar surface area (TPSA) is 12.0 Å². The SMILES string of the molecule is CNC/C=C(\C)CF. The third-order valence-corrected chi connectivity index (χ3v) is 0.865. The Morgan fingerprint density at radius 2 is 2.38 bits per heavy atom. The van der Waals surface area contributed by atoms with E-state index in [9.17, 15) is 4.39 Å². The number of hydrogen-bond acceptors (Lipinski definition) is 1. The van der Waals surface area contributed by atoms with E-state index < -0.39 is 0 Å². The van der Waals surface area contributed by atoms with Crippen LogP contribution in [-0.2, 0) is 0 Å². The highest BCUT2D eigenvalue weighted by molar-refractivity contribution is 4.98. The number of rotatable bonds is 3. The molecule has 0 aromatic rings. The second-order valence-electron chi connectivity index (χ2n) is 1.74. The lowest BCUT2D eigenvalue weighted by molar-refractivity contribution is 0.542. The van der Waals surface area contributed by atoms with E-state index in [-0.39, 0.29) is 6.67 Å². The molecule has 0 rings (SSSR count). The van der Waals surface area contributed by atoms with E-state index in [0.717, 1.165) is 12.1 Å². The van der Waals surface area contributed by atoms with E-state index in [2.05, 4.69) is 5.32 Å². The molecule has 0 atom stereocenters. The molecule has 1 N–H and O–H groups in total. The normalized spacial score (nSPS) is 12.1. The molecular weight excluding hydrogens is 105 g/mol. The quantitative estimate of drug-likeness (QED) is 0.546. The first-order chi connectivity index (χ1) is 3.81. The third-order valence-electron chi connectivity index (χ3n) is 0.865. The first-order valence-corrected chi connectivity index (χ1v) is 2.67. The minimum absolute atomic E-state index is 0.332. The Kier molecular flexibility index (Phi) is 4.56. The minimum atomic E-state index is -0.332. The molecule has 0 aromatic heterocycles. The summed E-state index contributed by atoms with van der Waals surface area (Å²) in [6.07, 6.45) is 1.83. The third kappa shape index (κ3) is 3.81. The van der Waals surface area contributed by atoms with Crippen molar-refractivity contribution in [2.45, 2.75) is 6.92 Å². The zero-order valence-electron chi connectivity index (χ0n) is 5.37. The Morgan fingerprint density at radius 3 is 2.75 bits per heavy atom. The molecule has 0 fully saturated rings. The van der Waals surface area contributed by atoms with Gasteiger partial charge in [0.05, 0.1) is 0 Å². The smallest absolute Gasteiger partial charge is 0.110 e. The molecule has 0 radical (unpaired) electrons. The molecule has 0 bridgehead atoms. The standard InChI is InChI=1S/C6H12FN/c1-6(5-7)3-4-8-2/h3,8H,4-5H2,1-2H3/b6-3+. The molecule has 0 saturated carbocycles. The van der Waals surface area contributed by atoms with E-state index in [1.807, 2.05) is 13.1 Å². The molecule has 1 nitrogen and oxygen atoms in total. The van der Waals surface area contributed by atoms with Crippen molar-refractivity contribution in [2.24, 2.45) is 0 Å². The average molecular weight is 117 g/mol. The summed E-state index contributed by atoms with van der Waals surface area (Å²) in [5, 5.41) is 2.89. The van der Waals surface area contributed by atoms with Crippen LogP contribution in [0.5, 0.6) is 0 Å². The van der Waals surface area contributed by atoms with Crippen LogP contribution in [0.3, 0.4) is 0 Å². The van der Waals surface area contributed by atoms with Crippen molar-refractivity contribution in [3.8, 4) is 0 Å². The van der Waals surface area contributed by atoms with E-state index in [0.29, 0.717) is 0 Å². The Labute approximate surface area is 49.6 Å². The molecule has 0 heterocycles. The monoisotopic (exact) mass is 117 g/mol. The summed E-state index contributed by atoms with van der Waals surface area (Å²) in [6, 6.07) is 0. The maximum absolute atomic E-state index is 11.6. The van der Waals surface area contributed by atoms with Crippen molar-refractivity contribution in [2.75, 3.05) is 20.3 Å². The molecular formula is C6H12FN. The Bertz CT molecular complexity index is 78.6. The number of likely N-dealkylation sites (N-methyl/N-ethyl adjacent to an activating group) is 1. The Morgan fingerprint density at radius 1 is 1.75 bits per heavy atom. The molecule has 0 aliphatic rings. The molecule has 0 aliphatic carbocycles. The lowest BCUT2D eigenvalue weighted by Crippen LogP contribution is -2.04. The van der Waals surface area contributed by atoms with Crippen LogP contribution in [-0.4, -0.2) is 20.3 Å². The predicted molar refractivity (Wildman–Crippen MR) is 33.7 cm³/mol. The Balaban J connectivity index is 3.26. The summed E-state index contributed by atoms with van der Waals surface area (Å²) < 4.78 is 11.6. The zero-order chi connectivity index (χ0) is 6.41. The predicted octanol–water partition coefficient (Wildman–Crippen LogP) is 1.12. The molecule has 0 unspecified atom stereocenters. The maximum Gasteiger partial charge on any atom is 0.110 e. The number of nitrogens with one attached hydrogen (secondary N) is 1. The number of halogens is 1. The van der Waals surface area contributed by atoms with Crippen LogP contribution in [0.4, 0.5) is 4.39 Å². The van der Waals surface area contributed by atoms with Crippen LogP contribution in [0.1, 0.15) is 6.92 Å². The average Bonchev–Trinajstić information content (AvgIpc) is 1.83. The molecule has 0 spiro atoms. The number of hydrogen-bond donors (Lipinski definition) is 1. The highest BCUT2D eigenvalue weighted by Crippen LogP contribution is 1.89. The van der Waals surface area contributed by atoms with Crippen LogP contribution in [0.25, 0.3) is 0 Å². The largest absolute Gasteiger partial charge is 0.316 e. The van der Waals surface area contributed by atoms with Crippen LogP contribution < -0.4 is 5.32 Å². The van der Waals surface area contributed by atoms with Crippen molar-refractivity contribution in [3.63, 3.8) is 0 Å². The van der Waals surface area contributed by atoms with Gasteiger partial charge in [-0.2, -0.15) is 0 Å². The van der Waals surface area contributed by atoms with E-state index in [1.54, 1.807) is 6.92 Å². The maximum atomic E-state index is 11.6. The Hall–Kier alpha value is -0.370. The van der Waals surface area contributed by atoms with Gasteiger partial charge in [-0.15, -0.1) is 0 Å². The second kappa shape index (κ2) is 4.78. The van der Waals surface area contributed by atoms with Crippen LogP contribution in [0.15, 0.2) is 11.6 Å². The van der Waals surface area contributed by atoms with Gasteiger partial charge in [0.15, 0.2) is 0 Å². The molecule has 0 saturated heterocycles. The summed E-state index contributed by atoms with van der Waals surface area (Å²) in [5.41, 5.74) is 0.791. The molecule has 48 valence electrons. The van der Waals surface area contributed by atoms with Crippen molar-refractivity contribution in [3.05, 3.63) is 11.6 Å². The van der Waals surface area contributed by atoms with E-state index in [1.165, 1.54) is 0 Å². The van der Waals surface area contributed by atoms with Crippen LogP contribution in [0, 0.1) is 0 Å². The fourth-order valence-corrected chi connectivity index (χ4v) is 0.331. The molecule has 0 amide bonds. The van der Waals surface area contributed by atoms with Crippen molar-refractivity contribution in [1.82, 2.24) is 5.32 Å². The van der Waals surface area contributed by atoms with E-state index in [4.69, 9.17) is 0 Å². The summed E-state index contributed by atoms with van der Waals surface area (Å²) in [6.45, 7) is 2.20. The number of allylic oxidation sites excluding steroid dienone is 1. The fourth-order valence-electron chi connectivity index (χ4n) is 0.331. The number of alkyl halides is 1. The van der Waals surface area contributed by atoms with E-state index >= 15 is 0 Å². The highest BCUT2D eigenvalue weighted by atomic mass is 19.1. The minimum Gasteiger partial charge on any atom is -0.316 e. The lowest BCUT2D eigenvalue weighted by Gasteiger charge is -1.90. The van der Waals surface area contributed by atoms with Crippen molar-refractivity contribution in [1.29, 1.82) is 0 Å². The lowest BCUT2D eigenvalue weighted by atomic mass is 10.3. The summed E-state index contributed by atoms with van der Waals surface area (Å²) in [5.74, 6) is 0. The summed E-state index contributed by atoms with van der Waals surface area (Å²) >= 11 is 0. The van der Waals surface area contributed by atoms with Gasteiger partial charge in [-0.1, -0.05) is 6.08 Å². The molecule has 8 heavy (non-hydrogen) atoms. The fraction of sp³-hybridized carbons (Fsp3) is 0.667.